The normalized spacial score (nSPS) is 14.4. The third kappa shape index (κ3) is 3.12. The predicted molar refractivity (Wildman–Crippen MR) is 75.8 cm³/mol. The van der Waals surface area contributed by atoms with E-state index in [0.29, 0.717) is 6.54 Å². The van der Waals surface area contributed by atoms with E-state index in [4.69, 9.17) is 0 Å². The number of carbonyl (C=O) groups is 2. The molecule has 1 aliphatic heterocycles. The Bertz CT molecular complexity index is 736. The van der Waals surface area contributed by atoms with Gasteiger partial charge in [-0.3, -0.25) is 9.69 Å². The zero-order valence-electron chi connectivity index (χ0n) is 11.8. The molecule has 2 aromatic rings. The van der Waals surface area contributed by atoms with Crippen molar-refractivity contribution < 1.29 is 22.9 Å². The van der Waals surface area contributed by atoms with Crippen molar-refractivity contribution in [3.05, 3.63) is 42.2 Å². The van der Waals surface area contributed by atoms with Crippen LogP contribution in [0.1, 0.15) is 0 Å². The number of anilines is 2. The van der Waals surface area contributed by atoms with Crippen LogP contribution in [0.2, 0.25) is 0 Å². The van der Waals surface area contributed by atoms with Gasteiger partial charge in [0.15, 0.2) is 17.5 Å². The molecule has 0 spiro atoms. The number of rotatable bonds is 4. The van der Waals surface area contributed by atoms with Crippen LogP contribution in [0.3, 0.4) is 0 Å². The lowest BCUT2D eigenvalue weighted by molar-refractivity contribution is -0.116. The second-order valence-electron chi connectivity index (χ2n) is 4.89. The van der Waals surface area contributed by atoms with Gasteiger partial charge in [-0.1, -0.05) is 5.16 Å². The molecule has 1 aromatic heterocycles. The van der Waals surface area contributed by atoms with Crippen molar-refractivity contribution in [3.8, 4) is 0 Å². The highest BCUT2D eigenvalue weighted by molar-refractivity contribution is 5.99. The van der Waals surface area contributed by atoms with Crippen molar-refractivity contribution in [3.63, 3.8) is 0 Å². The van der Waals surface area contributed by atoms with Gasteiger partial charge in [0.1, 0.15) is 12.8 Å². The molecule has 2 heterocycles. The first-order valence-corrected chi connectivity index (χ1v) is 6.76. The molecule has 1 fully saturated rings. The summed E-state index contributed by atoms with van der Waals surface area (Å²) in [5, 5.41) is 6.01. The summed E-state index contributed by atoms with van der Waals surface area (Å²) < 4.78 is 30.8. The van der Waals surface area contributed by atoms with Crippen molar-refractivity contribution in [1.29, 1.82) is 0 Å². The predicted octanol–water partition coefficient (Wildman–Crippen LogP) is 1.83. The van der Waals surface area contributed by atoms with Crippen molar-refractivity contribution in [2.75, 3.05) is 29.9 Å². The highest BCUT2D eigenvalue weighted by atomic mass is 19.2. The van der Waals surface area contributed by atoms with Crippen LogP contribution in [0, 0.1) is 11.6 Å². The molecule has 120 valence electrons. The van der Waals surface area contributed by atoms with Crippen molar-refractivity contribution in [1.82, 2.24) is 10.1 Å². The van der Waals surface area contributed by atoms with Crippen molar-refractivity contribution >= 4 is 23.4 Å². The number of hydrogen-bond donors (Lipinski definition) is 1. The molecule has 1 N–H and O–H groups in total. The zero-order chi connectivity index (χ0) is 16.4. The van der Waals surface area contributed by atoms with E-state index in [2.05, 4.69) is 15.0 Å². The second-order valence-corrected chi connectivity index (χ2v) is 4.89. The Morgan fingerprint density at radius 1 is 1.26 bits per heavy atom. The minimum atomic E-state index is -1.03. The van der Waals surface area contributed by atoms with Gasteiger partial charge in [-0.15, -0.1) is 0 Å². The number of amides is 3. The Morgan fingerprint density at radius 3 is 2.78 bits per heavy atom. The zero-order valence-corrected chi connectivity index (χ0v) is 11.8. The SMILES string of the molecule is O=C(CN1CCN(c2ccc(F)c(F)c2)C1=O)Nc1ccon1. The van der Waals surface area contributed by atoms with Crippen molar-refractivity contribution in [2.24, 2.45) is 0 Å². The Labute approximate surface area is 129 Å². The minimum Gasteiger partial charge on any atom is -0.363 e. The average molecular weight is 322 g/mol. The smallest absolute Gasteiger partial charge is 0.325 e. The summed E-state index contributed by atoms with van der Waals surface area (Å²) >= 11 is 0. The number of benzene rings is 1. The van der Waals surface area contributed by atoms with E-state index in [1.807, 2.05) is 0 Å². The molecule has 3 amide bonds. The van der Waals surface area contributed by atoms with Crippen molar-refractivity contribution in [2.45, 2.75) is 0 Å². The topological polar surface area (TPSA) is 78.7 Å². The summed E-state index contributed by atoms with van der Waals surface area (Å²) in [6, 6.07) is 4.24. The Morgan fingerprint density at radius 2 is 2.09 bits per heavy atom. The molecule has 0 radical (unpaired) electrons. The number of hydrogen-bond acceptors (Lipinski definition) is 4. The fourth-order valence-corrected chi connectivity index (χ4v) is 2.25. The first-order valence-electron chi connectivity index (χ1n) is 6.76. The maximum atomic E-state index is 13.3. The second kappa shape index (κ2) is 6.03. The molecule has 23 heavy (non-hydrogen) atoms. The van der Waals surface area contributed by atoms with Gasteiger partial charge in [0.2, 0.25) is 5.91 Å². The number of aromatic nitrogens is 1. The van der Waals surface area contributed by atoms with Gasteiger partial charge >= 0.3 is 6.03 Å². The summed E-state index contributed by atoms with van der Waals surface area (Å²) in [7, 11) is 0. The van der Waals surface area contributed by atoms with Crippen LogP contribution in [0.15, 0.2) is 35.1 Å². The van der Waals surface area contributed by atoms with Crippen LogP contribution in [0.5, 0.6) is 0 Å². The van der Waals surface area contributed by atoms with Gasteiger partial charge in [-0.2, -0.15) is 0 Å². The fourth-order valence-electron chi connectivity index (χ4n) is 2.25. The van der Waals surface area contributed by atoms with Crippen LogP contribution in [-0.2, 0) is 4.79 Å². The minimum absolute atomic E-state index is 0.175. The van der Waals surface area contributed by atoms with Gasteiger partial charge in [0.25, 0.3) is 0 Å². The molecule has 3 rings (SSSR count). The monoisotopic (exact) mass is 322 g/mol. The van der Waals surface area contributed by atoms with E-state index >= 15 is 0 Å². The van der Waals surface area contributed by atoms with Gasteiger partial charge in [-0.05, 0) is 12.1 Å². The summed E-state index contributed by atoms with van der Waals surface area (Å²) in [6.07, 6.45) is 1.31. The van der Waals surface area contributed by atoms with Gasteiger partial charge in [-0.25, -0.2) is 13.6 Å². The summed E-state index contributed by atoms with van der Waals surface area (Å²) in [5.74, 6) is -2.19. The molecule has 1 saturated heterocycles. The molecular weight excluding hydrogens is 310 g/mol. The van der Waals surface area contributed by atoms with Crippen LogP contribution >= 0.6 is 0 Å². The lowest BCUT2D eigenvalue weighted by atomic mass is 10.3. The quantitative estimate of drug-likeness (QED) is 0.931. The molecule has 1 aliphatic rings. The summed E-state index contributed by atoms with van der Waals surface area (Å²) in [4.78, 5) is 26.7. The fraction of sp³-hybridized carbons (Fsp3) is 0.214. The Hall–Kier alpha value is -2.97. The maximum absolute atomic E-state index is 13.3. The number of urea groups is 1. The first kappa shape index (κ1) is 14.9. The lowest BCUT2D eigenvalue weighted by Gasteiger charge is -2.18. The Balaban J connectivity index is 1.64. The highest BCUT2D eigenvalue weighted by Gasteiger charge is 2.31. The molecule has 0 bridgehead atoms. The van der Waals surface area contributed by atoms with Crippen LogP contribution in [-0.4, -0.2) is 41.6 Å². The molecule has 1 aromatic carbocycles. The number of halogens is 2. The molecule has 0 atom stereocenters. The average Bonchev–Trinajstić information content (AvgIpc) is 3.13. The van der Waals surface area contributed by atoms with E-state index in [0.717, 1.165) is 12.1 Å². The van der Waals surface area contributed by atoms with E-state index in [1.165, 1.54) is 28.2 Å². The summed E-state index contributed by atoms with van der Waals surface area (Å²) in [5.41, 5.74) is 0.244. The highest BCUT2D eigenvalue weighted by Crippen LogP contribution is 2.22. The van der Waals surface area contributed by atoms with Crippen LogP contribution in [0.4, 0.5) is 25.1 Å². The van der Waals surface area contributed by atoms with E-state index in [-0.39, 0.29) is 24.6 Å². The van der Waals surface area contributed by atoms with Crippen LogP contribution in [0.25, 0.3) is 0 Å². The molecule has 0 aliphatic carbocycles. The van der Waals surface area contributed by atoms with E-state index < -0.39 is 23.6 Å². The molecule has 0 unspecified atom stereocenters. The summed E-state index contributed by atoms with van der Waals surface area (Å²) in [6.45, 7) is 0.400. The number of carbonyl (C=O) groups excluding carboxylic acids is 2. The number of nitrogens with one attached hydrogen (secondary N) is 1. The molecular formula is C14H12F2N4O3. The molecule has 7 nitrogen and oxygen atoms in total. The maximum Gasteiger partial charge on any atom is 0.325 e. The van der Waals surface area contributed by atoms with E-state index in [1.54, 1.807) is 0 Å². The third-order valence-corrected chi connectivity index (χ3v) is 3.35. The van der Waals surface area contributed by atoms with Gasteiger partial charge in [0.05, 0.1) is 0 Å². The van der Waals surface area contributed by atoms with Gasteiger partial charge < -0.3 is 14.7 Å². The Kier molecular flexibility index (Phi) is 3.92. The van der Waals surface area contributed by atoms with E-state index in [9.17, 15) is 18.4 Å². The first-order chi connectivity index (χ1) is 11.0. The molecule has 9 heteroatoms. The lowest BCUT2D eigenvalue weighted by Crippen LogP contribution is -2.37. The van der Waals surface area contributed by atoms with Crippen LogP contribution < -0.4 is 10.2 Å². The number of nitrogens with zero attached hydrogens (tertiary/aromatic N) is 3. The standard InChI is InChI=1S/C14H12F2N4O3/c15-10-2-1-9(7-11(10)16)20-5-4-19(14(20)22)8-13(21)17-12-3-6-23-18-12/h1-3,6-7H,4-5,8H2,(H,17,18,21). The third-order valence-electron chi connectivity index (χ3n) is 3.35. The van der Waals surface area contributed by atoms with Gasteiger partial charge in [0, 0.05) is 30.9 Å². The largest absolute Gasteiger partial charge is 0.363 e. The molecule has 0 saturated carbocycles.